The minimum absolute atomic E-state index is 0.0925. The zero-order valence-corrected chi connectivity index (χ0v) is 10.0. The molecule has 0 saturated heterocycles. The summed E-state index contributed by atoms with van der Waals surface area (Å²) in [6, 6.07) is 4.65. The van der Waals surface area contributed by atoms with Crippen molar-refractivity contribution in [3.8, 4) is 5.75 Å². The first kappa shape index (κ1) is 12.4. The van der Waals surface area contributed by atoms with Crippen LogP contribution in [0, 0.1) is 5.82 Å². The van der Waals surface area contributed by atoms with Gasteiger partial charge in [-0.1, -0.05) is 6.07 Å². The Bertz CT molecular complexity index is 519. The van der Waals surface area contributed by atoms with Crippen molar-refractivity contribution in [1.82, 2.24) is 9.97 Å². The van der Waals surface area contributed by atoms with Crippen molar-refractivity contribution < 1.29 is 9.13 Å². The van der Waals surface area contributed by atoms with Gasteiger partial charge in [-0.15, -0.1) is 0 Å². The van der Waals surface area contributed by atoms with Crippen molar-refractivity contribution in [2.75, 3.05) is 0 Å². The molecule has 0 bridgehead atoms. The Morgan fingerprint density at radius 3 is 2.89 bits per heavy atom. The fourth-order valence-electron chi connectivity index (χ4n) is 1.62. The van der Waals surface area contributed by atoms with Gasteiger partial charge in [-0.25, -0.2) is 4.39 Å². The molecule has 2 rings (SSSR count). The van der Waals surface area contributed by atoms with E-state index in [1.54, 1.807) is 30.7 Å². The third-order valence-electron chi connectivity index (χ3n) is 2.58. The van der Waals surface area contributed by atoms with Crippen LogP contribution in [0.1, 0.15) is 24.3 Å². The Morgan fingerprint density at radius 2 is 2.22 bits per heavy atom. The molecule has 1 heterocycles. The number of ether oxygens (including phenoxy) is 1. The van der Waals surface area contributed by atoms with Crippen molar-refractivity contribution in [2.45, 2.75) is 19.6 Å². The van der Waals surface area contributed by atoms with Gasteiger partial charge >= 0.3 is 0 Å². The molecule has 1 aromatic carbocycles. The molecular formula is C13H14FN3O. The van der Waals surface area contributed by atoms with E-state index in [4.69, 9.17) is 10.5 Å². The van der Waals surface area contributed by atoms with Gasteiger partial charge in [0, 0.05) is 24.5 Å². The molecule has 0 aliphatic carbocycles. The van der Waals surface area contributed by atoms with Crippen LogP contribution in [0.4, 0.5) is 4.39 Å². The van der Waals surface area contributed by atoms with Gasteiger partial charge < -0.3 is 10.5 Å². The van der Waals surface area contributed by atoms with Gasteiger partial charge in [-0.3, -0.25) is 9.97 Å². The summed E-state index contributed by atoms with van der Waals surface area (Å²) in [7, 11) is 0. The second kappa shape index (κ2) is 5.55. The number of nitrogens with zero attached hydrogens (tertiary/aromatic N) is 2. The molecule has 18 heavy (non-hydrogen) atoms. The molecule has 2 aromatic rings. The fraction of sp³-hybridized carbons (Fsp3) is 0.231. The molecule has 0 spiro atoms. The smallest absolute Gasteiger partial charge is 0.139 e. The Morgan fingerprint density at radius 1 is 1.39 bits per heavy atom. The van der Waals surface area contributed by atoms with Crippen LogP contribution in [0.3, 0.4) is 0 Å². The van der Waals surface area contributed by atoms with E-state index in [1.807, 2.05) is 6.92 Å². The number of nitrogens with two attached hydrogens (primary N) is 1. The standard InChI is InChI=1S/C13H14FN3O/c1-9(12-8-16-5-6-17-12)18-13-4-2-3-11(14)10(13)7-15/h2-6,8-9H,7,15H2,1H3. The number of benzene rings is 1. The lowest BCUT2D eigenvalue weighted by Crippen LogP contribution is -2.09. The maximum atomic E-state index is 13.5. The normalized spacial score (nSPS) is 12.2. The highest BCUT2D eigenvalue weighted by molar-refractivity contribution is 5.34. The summed E-state index contributed by atoms with van der Waals surface area (Å²) in [5, 5.41) is 0. The van der Waals surface area contributed by atoms with E-state index in [2.05, 4.69) is 9.97 Å². The maximum absolute atomic E-state index is 13.5. The number of hydrogen-bond acceptors (Lipinski definition) is 4. The van der Waals surface area contributed by atoms with Crippen LogP contribution in [0.25, 0.3) is 0 Å². The Hall–Kier alpha value is -2.01. The first-order valence-electron chi connectivity index (χ1n) is 5.62. The maximum Gasteiger partial charge on any atom is 0.139 e. The molecule has 0 radical (unpaired) electrons. The first-order valence-corrected chi connectivity index (χ1v) is 5.62. The molecular weight excluding hydrogens is 233 g/mol. The third kappa shape index (κ3) is 2.62. The van der Waals surface area contributed by atoms with Crippen molar-refractivity contribution in [1.29, 1.82) is 0 Å². The molecule has 1 aromatic heterocycles. The molecule has 0 aliphatic heterocycles. The van der Waals surface area contributed by atoms with Gasteiger partial charge in [0.05, 0.1) is 11.9 Å². The molecule has 94 valence electrons. The zero-order valence-electron chi connectivity index (χ0n) is 10.0. The predicted molar refractivity (Wildman–Crippen MR) is 65.4 cm³/mol. The van der Waals surface area contributed by atoms with Crippen LogP contribution < -0.4 is 10.5 Å². The third-order valence-corrected chi connectivity index (χ3v) is 2.58. The fourth-order valence-corrected chi connectivity index (χ4v) is 1.62. The van der Waals surface area contributed by atoms with Crippen LogP contribution in [0.5, 0.6) is 5.75 Å². The van der Waals surface area contributed by atoms with Gasteiger partial charge in [0.2, 0.25) is 0 Å². The highest BCUT2D eigenvalue weighted by Crippen LogP contribution is 2.25. The highest BCUT2D eigenvalue weighted by Gasteiger charge is 2.13. The Balaban J connectivity index is 2.22. The lowest BCUT2D eigenvalue weighted by atomic mass is 10.2. The largest absolute Gasteiger partial charge is 0.484 e. The van der Waals surface area contributed by atoms with E-state index in [9.17, 15) is 4.39 Å². The van der Waals surface area contributed by atoms with Crippen LogP contribution in [-0.4, -0.2) is 9.97 Å². The Labute approximate surface area is 105 Å². The summed E-state index contributed by atoms with van der Waals surface area (Å²) in [4.78, 5) is 8.11. The summed E-state index contributed by atoms with van der Waals surface area (Å²) < 4.78 is 19.2. The predicted octanol–water partition coefficient (Wildman–Crippen LogP) is 2.21. The van der Waals surface area contributed by atoms with Crippen molar-refractivity contribution in [3.63, 3.8) is 0 Å². The van der Waals surface area contributed by atoms with E-state index in [0.29, 0.717) is 17.0 Å². The molecule has 0 saturated carbocycles. The highest BCUT2D eigenvalue weighted by atomic mass is 19.1. The van der Waals surface area contributed by atoms with E-state index < -0.39 is 0 Å². The topological polar surface area (TPSA) is 61.0 Å². The van der Waals surface area contributed by atoms with Gasteiger partial charge in [0.15, 0.2) is 0 Å². The minimum Gasteiger partial charge on any atom is -0.484 e. The molecule has 5 heteroatoms. The summed E-state index contributed by atoms with van der Waals surface area (Å²) >= 11 is 0. The number of hydrogen-bond donors (Lipinski definition) is 1. The van der Waals surface area contributed by atoms with Gasteiger partial charge in [-0.2, -0.15) is 0 Å². The van der Waals surface area contributed by atoms with Crippen molar-refractivity contribution >= 4 is 0 Å². The molecule has 1 atom stereocenters. The summed E-state index contributed by atoms with van der Waals surface area (Å²) in [5.41, 5.74) is 6.57. The lowest BCUT2D eigenvalue weighted by molar-refractivity contribution is 0.218. The van der Waals surface area contributed by atoms with E-state index in [0.717, 1.165) is 0 Å². The van der Waals surface area contributed by atoms with Crippen molar-refractivity contribution in [2.24, 2.45) is 5.73 Å². The lowest BCUT2D eigenvalue weighted by Gasteiger charge is -2.16. The van der Waals surface area contributed by atoms with Crippen LogP contribution in [0.2, 0.25) is 0 Å². The summed E-state index contributed by atoms with van der Waals surface area (Å²) in [6.45, 7) is 1.92. The summed E-state index contributed by atoms with van der Waals surface area (Å²) in [6.07, 6.45) is 4.48. The van der Waals surface area contributed by atoms with E-state index in [1.165, 1.54) is 6.07 Å². The van der Waals surface area contributed by atoms with Crippen LogP contribution in [0.15, 0.2) is 36.8 Å². The summed E-state index contributed by atoms with van der Waals surface area (Å²) in [5.74, 6) is 0.0806. The quantitative estimate of drug-likeness (QED) is 0.899. The van der Waals surface area contributed by atoms with Crippen LogP contribution >= 0.6 is 0 Å². The second-order valence-electron chi connectivity index (χ2n) is 3.81. The number of aromatic nitrogens is 2. The SMILES string of the molecule is CC(Oc1cccc(F)c1CN)c1cnccn1. The minimum atomic E-state index is -0.360. The van der Waals surface area contributed by atoms with Gasteiger partial charge in [0.1, 0.15) is 17.7 Å². The number of rotatable bonds is 4. The molecule has 0 fully saturated rings. The molecule has 0 aliphatic rings. The van der Waals surface area contributed by atoms with Crippen molar-refractivity contribution in [3.05, 3.63) is 53.9 Å². The van der Waals surface area contributed by atoms with Gasteiger partial charge in [0.25, 0.3) is 0 Å². The van der Waals surface area contributed by atoms with E-state index in [-0.39, 0.29) is 18.5 Å². The molecule has 1 unspecified atom stereocenters. The number of halogens is 1. The average molecular weight is 247 g/mol. The zero-order chi connectivity index (χ0) is 13.0. The molecule has 4 nitrogen and oxygen atoms in total. The monoisotopic (exact) mass is 247 g/mol. The average Bonchev–Trinajstić information content (AvgIpc) is 2.40. The van der Waals surface area contributed by atoms with E-state index >= 15 is 0 Å². The first-order chi connectivity index (χ1) is 8.72. The Kier molecular flexibility index (Phi) is 3.84. The van der Waals surface area contributed by atoms with Crippen LogP contribution in [-0.2, 0) is 6.54 Å². The second-order valence-corrected chi connectivity index (χ2v) is 3.81. The molecule has 0 amide bonds. The molecule has 2 N–H and O–H groups in total. The van der Waals surface area contributed by atoms with Gasteiger partial charge in [-0.05, 0) is 19.1 Å².